The van der Waals surface area contributed by atoms with Crippen molar-refractivity contribution in [2.45, 2.75) is 57.5 Å². The molecule has 1 aromatic heterocycles. The maximum absolute atomic E-state index is 10.2. The van der Waals surface area contributed by atoms with Gasteiger partial charge >= 0.3 is 7.12 Å². The Morgan fingerprint density at radius 1 is 1.18 bits per heavy atom. The molecular formula is C15H23BClNO4. The number of nitrogens with zero attached hydrogens (tertiary/aromatic N) is 1. The van der Waals surface area contributed by atoms with Crippen LogP contribution in [0.25, 0.3) is 0 Å². The van der Waals surface area contributed by atoms with Crippen LogP contribution in [0.2, 0.25) is 0 Å². The van der Waals surface area contributed by atoms with Crippen LogP contribution in [0, 0.1) is 0 Å². The lowest BCUT2D eigenvalue weighted by Gasteiger charge is -2.32. The smallest absolute Gasteiger partial charge is 0.399 e. The summed E-state index contributed by atoms with van der Waals surface area (Å²) in [6.45, 7) is 7.90. The lowest BCUT2D eigenvalue weighted by molar-refractivity contribution is 0.00578. The molecule has 0 spiro atoms. The number of aliphatic hydroxyl groups excluding tert-OH is 2. The Labute approximate surface area is 136 Å². The zero-order chi connectivity index (χ0) is 16.5. The zero-order valence-electron chi connectivity index (χ0n) is 13.4. The quantitative estimate of drug-likeness (QED) is 0.632. The number of alkyl halides is 1. The molecule has 0 bridgehead atoms. The summed E-state index contributed by atoms with van der Waals surface area (Å²) >= 11 is 5.60. The predicted octanol–water partition coefficient (Wildman–Crippen LogP) is 1.40. The summed E-state index contributed by atoms with van der Waals surface area (Å²) in [6.07, 6.45) is 1.52. The summed E-state index contributed by atoms with van der Waals surface area (Å²) in [4.78, 5) is 4.12. The van der Waals surface area contributed by atoms with Crippen molar-refractivity contribution in [2.24, 2.45) is 0 Å². The lowest BCUT2D eigenvalue weighted by atomic mass is 9.79. The molecule has 1 aliphatic heterocycles. The summed E-state index contributed by atoms with van der Waals surface area (Å²) < 4.78 is 11.9. The molecule has 2 heterocycles. The van der Waals surface area contributed by atoms with Crippen molar-refractivity contribution < 1.29 is 19.5 Å². The third-order valence-corrected chi connectivity index (χ3v) is 4.64. The Morgan fingerprint density at radius 3 is 2.32 bits per heavy atom. The van der Waals surface area contributed by atoms with Crippen LogP contribution in [-0.4, -0.2) is 45.5 Å². The van der Waals surface area contributed by atoms with Crippen LogP contribution in [0.3, 0.4) is 0 Å². The first-order valence-electron chi connectivity index (χ1n) is 7.40. The third-order valence-electron chi connectivity index (χ3n) is 4.42. The van der Waals surface area contributed by atoms with Gasteiger partial charge in [-0.3, -0.25) is 4.98 Å². The summed E-state index contributed by atoms with van der Waals surface area (Å²) in [7, 11) is -0.546. The van der Waals surface area contributed by atoms with Gasteiger partial charge in [-0.25, -0.2) is 0 Å². The van der Waals surface area contributed by atoms with E-state index in [1.165, 1.54) is 6.20 Å². The van der Waals surface area contributed by atoms with E-state index >= 15 is 0 Å². The second-order valence-corrected chi connectivity index (χ2v) is 7.01. The fourth-order valence-electron chi connectivity index (χ4n) is 2.24. The van der Waals surface area contributed by atoms with Crippen LogP contribution in [0.4, 0.5) is 0 Å². The fourth-order valence-corrected chi connectivity index (χ4v) is 2.46. The average molecular weight is 328 g/mol. The van der Waals surface area contributed by atoms with Crippen LogP contribution >= 0.6 is 11.6 Å². The van der Waals surface area contributed by atoms with Crippen molar-refractivity contribution in [1.82, 2.24) is 4.98 Å². The van der Waals surface area contributed by atoms with Gasteiger partial charge in [0.1, 0.15) is 6.10 Å². The van der Waals surface area contributed by atoms with E-state index in [0.717, 1.165) is 0 Å². The van der Waals surface area contributed by atoms with E-state index < -0.39 is 30.5 Å². The Bertz CT molecular complexity index is 510. The van der Waals surface area contributed by atoms with Crippen molar-refractivity contribution in [3.63, 3.8) is 0 Å². The highest BCUT2D eigenvalue weighted by molar-refractivity contribution is 6.62. The average Bonchev–Trinajstić information content (AvgIpc) is 2.67. The second kappa shape index (κ2) is 6.45. The van der Waals surface area contributed by atoms with Gasteiger partial charge < -0.3 is 19.5 Å². The van der Waals surface area contributed by atoms with Crippen molar-refractivity contribution >= 4 is 24.2 Å². The molecule has 0 aliphatic carbocycles. The molecule has 7 heteroatoms. The Balaban J connectivity index is 2.20. The number of hydrogen-bond acceptors (Lipinski definition) is 5. The zero-order valence-corrected chi connectivity index (χ0v) is 14.2. The van der Waals surface area contributed by atoms with Crippen molar-refractivity contribution in [1.29, 1.82) is 0 Å². The summed E-state index contributed by atoms with van der Waals surface area (Å²) in [5.41, 5.74) is 0.354. The topological polar surface area (TPSA) is 71.8 Å². The molecule has 0 saturated carbocycles. The largest absolute Gasteiger partial charge is 0.496 e. The van der Waals surface area contributed by atoms with Gasteiger partial charge in [0.25, 0.3) is 0 Å². The Morgan fingerprint density at radius 2 is 1.77 bits per heavy atom. The normalized spacial score (nSPS) is 22.6. The minimum atomic E-state index is -1.03. The number of aliphatic hydroxyl groups is 2. The highest BCUT2D eigenvalue weighted by atomic mass is 35.5. The van der Waals surface area contributed by atoms with E-state index in [1.54, 1.807) is 12.3 Å². The van der Waals surface area contributed by atoms with Crippen molar-refractivity contribution in [3.8, 4) is 0 Å². The van der Waals surface area contributed by atoms with Crippen LogP contribution < -0.4 is 5.46 Å². The van der Waals surface area contributed by atoms with Gasteiger partial charge in [-0.2, -0.15) is 0 Å². The lowest BCUT2D eigenvalue weighted by Crippen LogP contribution is -2.41. The second-order valence-electron chi connectivity index (χ2n) is 6.63. The van der Waals surface area contributed by atoms with E-state index in [0.29, 0.717) is 17.4 Å². The summed E-state index contributed by atoms with van der Waals surface area (Å²) in [6, 6.07) is 1.75. The SMILES string of the molecule is CC1(C)OB(c2cncc(C(O)C(O)CCCl)c2)OC1(C)C. The van der Waals surface area contributed by atoms with Gasteiger partial charge in [0.15, 0.2) is 0 Å². The highest BCUT2D eigenvalue weighted by Gasteiger charge is 2.51. The van der Waals surface area contributed by atoms with E-state index in [2.05, 4.69) is 4.98 Å². The third kappa shape index (κ3) is 3.47. The van der Waals surface area contributed by atoms with Crippen LogP contribution in [0.15, 0.2) is 18.5 Å². The van der Waals surface area contributed by atoms with Crippen molar-refractivity contribution in [2.75, 3.05) is 5.88 Å². The number of rotatable bonds is 5. The molecular weight excluding hydrogens is 304 g/mol. The maximum atomic E-state index is 10.2. The molecule has 1 saturated heterocycles. The highest BCUT2D eigenvalue weighted by Crippen LogP contribution is 2.36. The van der Waals surface area contributed by atoms with Gasteiger partial charge in [-0.05, 0) is 34.1 Å². The molecule has 122 valence electrons. The van der Waals surface area contributed by atoms with Crippen LogP contribution in [0.5, 0.6) is 0 Å². The first-order valence-corrected chi connectivity index (χ1v) is 7.94. The first kappa shape index (κ1) is 17.7. The molecule has 0 aromatic carbocycles. The summed E-state index contributed by atoms with van der Waals surface area (Å²) in [5, 5.41) is 20.0. The molecule has 2 rings (SSSR count). The standard InChI is InChI=1S/C15H23BClNO4/c1-14(2)15(3,4)22-16(21-14)11-7-10(8-18-9-11)13(20)12(19)5-6-17/h7-9,12-13,19-20H,5-6H2,1-4H3. The van der Waals surface area contributed by atoms with Gasteiger partial charge in [-0.15, -0.1) is 11.6 Å². The number of halogens is 1. The summed E-state index contributed by atoms with van der Waals surface area (Å²) in [5.74, 6) is 0.280. The monoisotopic (exact) mass is 327 g/mol. The van der Waals surface area contributed by atoms with Gasteiger partial charge in [0, 0.05) is 29.3 Å². The molecule has 1 fully saturated rings. The minimum Gasteiger partial charge on any atom is -0.399 e. The predicted molar refractivity (Wildman–Crippen MR) is 86.3 cm³/mol. The molecule has 0 radical (unpaired) electrons. The fraction of sp³-hybridized carbons (Fsp3) is 0.667. The molecule has 2 N–H and O–H groups in total. The van der Waals surface area contributed by atoms with Crippen LogP contribution in [-0.2, 0) is 9.31 Å². The van der Waals surface area contributed by atoms with Crippen LogP contribution in [0.1, 0.15) is 45.8 Å². The Kier molecular flexibility index (Phi) is 5.19. The molecule has 1 aliphatic rings. The molecule has 5 nitrogen and oxygen atoms in total. The molecule has 1 aromatic rings. The van der Waals surface area contributed by atoms with E-state index in [9.17, 15) is 10.2 Å². The number of pyridine rings is 1. The molecule has 22 heavy (non-hydrogen) atoms. The Hall–Kier alpha value is -0.655. The first-order chi connectivity index (χ1) is 10.2. The molecule has 2 atom stereocenters. The number of hydrogen-bond donors (Lipinski definition) is 2. The van der Waals surface area contributed by atoms with Crippen molar-refractivity contribution in [3.05, 3.63) is 24.0 Å². The van der Waals surface area contributed by atoms with E-state index in [-0.39, 0.29) is 5.88 Å². The van der Waals surface area contributed by atoms with Gasteiger partial charge in [-0.1, -0.05) is 6.07 Å². The minimum absolute atomic E-state index is 0.280. The number of aromatic nitrogens is 1. The van der Waals surface area contributed by atoms with Gasteiger partial charge in [0.05, 0.1) is 17.3 Å². The maximum Gasteiger partial charge on any atom is 0.496 e. The van der Waals surface area contributed by atoms with Gasteiger partial charge in [0.2, 0.25) is 0 Å². The molecule has 2 unspecified atom stereocenters. The van der Waals surface area contributed by atoms with E-state index in [1.807, 2.05) is 27.7 Å². The molecule has 0 amide bonds. The van der Waals surface area contributed by atoms with E-state index in [4.69, 9.17) is 20.9 Å².